The molecule has 0 amide bonds. The summed E-state index contributed by atoms with van der Waals surface area (Å²) in [5.41, 5.74) is 6.42. The first-order valence-electron chi connectivity index (χ1n) is 2.66. The number of halogens is 2. The van der Waals surface area contributed by atoms with Crippen LogP contribution in [-0.4, -0.2) is 4.98 Å². The van der Waals surface area contributed by atoms with Crippen molar-refractivity contribution in [3.8, 4) is 0 Å². The minimum absolute atomic E-state index is 0.593. The molecule has 0 unspecified atom stereocenters. The molecule has 0 atom stereocenters. The highest BCUT2D eigenvalue weighted by molar-refractivity contribution is 9.16. The van der Waals surface area contributed by atoms with Gasteiger partial charge in [0.15, 0.2) is 0 Å². The van der Waals surface area contributed by atoms with Gasteiger partial charge in [0.25, 0.3) is 0 Å². The van der Waals surface area contributed by atoms with Crippen LogP contribution in [0.5, 0.6) is 0 Å². The van der Waals surface area contributed by atoms with Crippen molar-refractivity contribution in [2.45, 2.75) is 0 Å². The minimum Gasteiger partial charge on any atom is -0.392 e. The third kappa shape index (κ3) is 1.64. The van der Waals surface area contributed by atoms with Gasteiger partial charge in [-0.2, -0.15) is 0 Å². The van der Waals surface area contributed by atoms with Crippen LogP contribution in [0.1, 0.15) is 5.69 Å². The Kier molecular flexibility index (Phi) is 2.56. The lowest BCUT2D eigenvalue weighted by Gasteiger charge is -1.94. The normalized spacial score (nSPS) is 13.0. The average molecular weight is 266 g/mol. The molecule has 0 radical (unpaired) electrons. The molecule has 0 aliphatic rings. The molecule has 1 aromatic heterocycles. The van der Waals surface area contributed by atoms with E-state index < -0.39 is 0 Å². The van der Waals surface area contributed by atoms with Crippen molar-refractivity contribution in [2.24, 2.45) is 5.73 Å². The predicted octanol–water partition coefficient (Wildman–Crippen LogP) is 2.39. The van der Waals surface area contributed by atoms with Gasteiger partial charge < -0.3 is 10.7 Å². The first kappa shape index (κ1) is 7.88. The van der Waals surface area contributed by atoms with Gasteiger partial charge in [0, 0.05) is 6.20 Å². The maximum atomic E-state index is 5.46. The molecule has 1 aromatic rings. The molecule has 10 heavy (non-hydrogen) atoms. The maximum Gasteiger partial charge on any atom is 0.0919 e. The molecule has 4 heteroatoms. The summed E-state index contributed by atoms with van der Waals surface area (Å²) in [6.45, 7) is 0. The molecular formula is C6H6Br2N2. The molecule has 1 heterocycles. The topological polar surface area (TPSA) is 41.8 Å². The molecule has 54 valence electrons. The van der Waals surface area contributed by atoms with E-state index >= 15 is 0 Å². The summed E-state index contributed by atoms with van der Waals surface area (Å²) in [4.78, 5) is 3.00. The number of aromatic nitrogens is 1. The van der Waals surface area contributed by atoms with Crippen LogP contribution < -0.4 is 5.73 Å². The minimum atomic E-state index is 0.593. The molecule has 0 saturated heterocycles. The van der Waals surface area contributed by atoms with Crippen LogP contribution in [0.15, 0.2) is 22.9 Å². The number of nitrogens with two attached hydrogens (primary N) is 1. The summed E-state index contributed by atoms with van der Waals surface area (Å²) in [5.74, 6) is 0. The van der Waals surface area contributed by atoms with E-state index in [-0.39, 0.29) is 0 Å². The largest absolute Gasteiger partial charge is 0.392 e. The summed E-state index contributed by atoms with van der Waals surface area (Å²) in [5, 5.41) is 0. The molecule has 0 aliphatic heterocycles. The number of hydrogen-bond acceptors (Lipinski definition) is 1. The van der Waals surface area contributed by atoms with Gasteiger partial charge in [0.05, 0.1) is 14.8 Å². The molecule has 2 nitrogen and oxygen atoms in total. The van der Waals surface area contributed by atoms with Crippen molar-refractivity contribution >= 4 is 36.3 Å². The SMILES string of the molecule is N/C(Br)=C(/Br)c1ccc[nH]1. The van der Waals surface area contributed by atoms with Gasteiger partial charge in [0.1, 0.15) is 0 Å². The quantitative estimate of drug-likeness (QED) is 0.753. The first-order valence-corrected chi connectivity index (χ1v) is 4.25. The Morgan fingerprint density at radius 2 is 2.20 bits per heavy atom. The molecule has 0 spiro atoms. The number of nitrogens with one attached hydrogen (secondary N) is 1. The Balaban J connectivity index is 2.99. The van der Waals surface area contributed by atoms with Crippen molar-refractivity contribution in [2.75, 3.05) is 0 Å². The van der Waals surface area contributed by atoms with Crippen molar-refractivity contribution in [3.05, 3.63) is 28.6 Å². The Morgan fingerprint density at radius 1 is 1.50 bits per heavy atom. The smallest absolute Gasteiger partial charge is 0.0919 e. The van der Waals surface area contributed by atoms with Gasteiger partial charge >= 0.3 is 0 Å². The van der Waals surface area contributed by atoms with E-state index in [9.17, 15) is 0 Å². The van der Waals surface area contributed by atoms with E-state index in [0.717, 1.165) is 10.2 Å². The first-order chi connectivity index (χ1) is 4.72. The van der Waals surface area contributed by atoms with Gasteiger partial charge in [0.2, 0.25) is 0 Å². The summed E-state index contributed by atoms with van der Waals surface area (Å²) < 4.78 is 1.44. The van der Waals surface area contributed by atoms with Gasteiger partial charge in [-0.05, 0) is 44.0 Å². The highest BCUT2D eigenvalue weighted by Gasteiger charge is 1.99. The van der Waals surface area contributed by atoms with Crippen LogP contribution in [0.2, 0.25) is 0 Å². The monoisotopic (exact) mass is 264 g/mol. The molecule has 0 bridgehead atoms. The Hall–Kier alpha value is -0.220. The van der Waals surface area contributed by atoms with E-state index in [4.69, 9.17) is 5.73 Å². The molecule has 3 N–H and O–H groups in total. The summed E-state index contributed by atoms with van der Waals surface area (Å²) in [6.07, 6.45) is 1.84. The van der Waals surface area contributed by atoms with E-state index in [1.807, 2.05) is 18.3 Å². The van der Waals surface area contributed by atoms with Crippen molar-refractivity contribution < 1.29 is 0 Å². The van der Waals surface area contributed by atoms with E-state index in [0.29, 0.717) is 4.61 Å². The Morgan fingerprint density at radius 3 is 2.60 bits per heavy atom. The van der Waals surface area contributed by atoms with Crippen molar-refractivity contribution in [1.29, 1.82) is 0 Å². The molecule has 0 aliphatic carbocycles. The second-order valence-electron chi connectivity index (χ2n) is 1.75. The van der Waals surface area contributed by atoms with Crippen LogP contribution >= 0.6 is 31.9 Å². The lowest BCUT2D eigenvalue weighted by atomic mass is 10.4. The van der Waals surface area contributed by atoms with Crippen LogP contribution in [-0.2, 0) is 0 Å². The van der Waals surface area contributed by atoms with Gasteiger partial charge in [-0.15, -0.1) is 0 Å². The second-order valence-corrected chi connectivity index (χ2v) is 3.39. The maximum absolute atomic E-state index is 5.46. The van der Waals surface area contributed by atoms with E-state index in [2.05, 4.69) is 36.8 Å². The van der Waals surface area contributed by atoms with Crippen LogP contribution in [0.3, 0.4) is 0 Å². The molecule has 1 rings (SSSR count). The highest BCUT2D eigenvalue weighted by atomic mass is 79.9. The highest BCUT2D eigenvalue weighted by Crippen LogP contribution is 2.23. The van der Waals surface area contributed by atoms with E-state index in [1.54, 1.807) is 0 Å². The van der Waals surface area contributed by atoms with Gasteiger partial charge in [-0.3, -0.25) is 0 Å². The fourth-order valence-corrected chi connectivity index (χ4v) is 1.06. The van der Waals surface area contributed by atoms with Gasteiger partial charge in [-0.1, -0.05) is 0 Å². The Labute approximate surface area is 75.8 Å². The fourth-order valence-electron chi connectivity index (χ4n) is 0.596. The summed E-state index contributed by atoms with van der Waals surface area (Å²) in [7, 11) is 0. The predicted molar refractivity (Wildman–Crippen MR) is 49.8 cm³/mol. The van der Waals surface area contributed by atoms with E-state index in [1.165, 1.54) is 0 Å². The molecule has 0 saturated carbocycles. The average Bonchev–Trinajstić information content (AvgIpc) is 2.36. The standard InChI is InChI=1S/C6H6Br2N2/c7-5(6(8)9)4-2-1-3-10-4/h1-3,10H,9H2/b6-5+. The zero-order valence-corrected chi connectivity index (χ0v) is 8.24. The van der Waals surface area contributed by atoms with Crippen LogP contribution in [0, 0.1) is 0 Å². The molecule has 0 fully saturated rings. The number of hydrogen-bond donors (Lipinski definition) is 2. The third-order valence-corrected chi connectivity index (χ3v) is 2.83. The molecule has 0 aromatic carbocycles. The van der Waals surface area contributed by atoms with Crippen LogP contribution in [0.25, 0.3) is 4.48 Å². The van der Waals surface area contributed by atoms with Crippen LogP contribution in [0.4, 0.5) is 0 Å². The lowest BCUT2D eigenvalue weighted by Crippen LogP contribution is -1.89. The second kappa shape index (κ2) is 3.25. The Bertz CT molecular complexity index is 234. The zero-order valence-electron chi connectivity index (χ0n) is 5.07. The molecular weight excluding hydrogens is 260 g/mol. The van der Waals surface area contributed by atoms with Gasteiger partial charge in [-0.25, -0.2) is 0 Å². The zero-order chi connectivity index (χ0) is 7.56. The number of aromatic amines is 1. The summed E-state index contributed by atoms with van der Waals surface area (Å²) in [6, 6.07) is 3.84. The summed E-state index contributed by atoms with van der Waals surface area (Å²) >= 11 is 6.46. The third-order valence-electron chi connectivity index (χ3n) is 1.04. The fraction of sp³-hybridized carbons (Fsp3) is 0. The number of rotatable bonds is 1. The lowest BCUT2D eigenvalue weighted by molar-refractivity contribution is 1.36. The van der Waals surface area contributed by atoms with Crippen molar-refractivity contribution in [3.63, 3.8) is 0 Å². The number of H-pyrrole nitrogens is 1. The van der Waals surface area contributed by atoms with Crippen molar-refractivity contribution in [1.82, 2.24) is 4.98 Å².